The molecule has 3 nitrogen and oxygen atoms in total. The number of halogens is 1. The molecule has 0 fully saturated rings. The number of aromatic nitrogens is 1. The quantitative estimate of drug-likeness (QED) is 0.458. The van der Waals surface area contributed by atoms with E-state index in [2.05, 4.69) is 20.9 Å². The van der Waals surface area contributed by atoms with Gasteiger partial charge in [-0.05, 0) is 60.4 Å². The van der Waals surface area contributed by atoms with Gasteiger partial charge >= 0.3 is 5.97 Å². The van der Waals surface area contributed by atoms with Gasteiger partial charge in [0.05, 0.1) is 5.56 Å². The summed E-state index contributed by atoms with van der Waals surface area (Å²) < 4.78 is 6.78. The van der Waals surface area contributed by atoms with Gasteiger partial charge in [-0.25, -0.2) is 4.79 Å². The number of nitrogens with zero attached hydrogens (tertiary/aromatic N) is 1. The van der Waals surface area contributed by atoms with E-state index in [0.717, 1.165) is 22.0 Å². The summed E-state index contributed by atoms with van der Waals surface area (Å²) in [7, 11) is 0. The zero-order chi connectivity index (χ0) is 18.9. The fourth-order valence-electron chi connectivity index (χ4n) is 2.62. The van der Waals surface area contributed by atoms with Crippen molar-refractivity contribution in [3.05, 3.63) is 106 Å². The van der Waals surface area contributed by atoms with Gasteiger partial charge in [0.2, 0.25) is 0 Å². The van der Waals surface area contributed by atoms with Crippen LogP contribution >= 0.6 is 15.9 Å². The maximum Gasteiger partial charge on any atom is 0.338 e. The topological polar surface area (TPSA) is 39.2 Å². The van der Waals surface area contributed by atoms with Gasteiger partial charge in [0, 0.05) is 16.9 Å². The summed E-state index contributed by atoms with van der Waals surface area (Å²) in [4.78, 5) is 16.6. The van der Waals surface area contributed by atoms with Crippen molar-refractivity contribution in [1.82, 2.24) is 4.98 Å². The monoisotopic (exact) mass is 421 g/mol. The van der Waals surface area contributed by atoms with E-state index >= 15 is 0 Å². The van der Waals surface area contributed by atoms with Crippen LogP contribution in [0.5, 0.6) is 0 Å². The number of hydrogen-bond donors (Lipinski definition) is 0. The molecule has 1 heterocycles. The Labute approximate surface area is 167 Å². The Hall–Kier alpha value is -2.72. The molecular formula is C23H20BrNO2. The molecule has 1 atom stereocenters. The highest BCUT2D eigenvalue weighted by atomic mass is 79.9. The number of aryl methyl sites for hydroxylation is 1. The molecule has 0 radical (unpaired) electrons. The van der Waals surface area contributed by atoms with Gasteiger partial charge in [0.1, 0.15) is 6.10 Å². The third kappa shape index (κ3) is 6.19. The van der Waals surface area contributed by atoms with Crippen LogP contribution in [0, 0.1) is 0 Å². The van der Waals surface area contributed by atoms with Crippen molar-refractivity contribution in [2.45, 2.75) is 18.9 Å². The lowest BCUT2D eigenvalue weighted by Gasteiger charge is -2.15. The predicted molar refractivity (Wildman–Crippen MR) is 111 cm³/mol. The molecule has 0 aliphatic carbocycles. The van der Waals surface area contributed by atoms with Gasteiger partial charge < -0.3 is 4.74 Å². The molecule has 1 aromatic heterocycles. The van der Waals surface area contributed by atoms with E-state index in [1.807, 2.05) is 72.9 Å². The summed E-state index contributed by atoms with van der Waals surface area (Å²) in [6, 6.07) is 21.0. The van der Waals surface area contributed by atoms with Crippen LogP contribution in [0.1, 0.15) is 27.9 Å². The minimum absolute atomic E-state index is 0.313. The molecule has 4 heteroatoms. The van der Waals surface area contributed by atoms with Gasteiger partial charge in [-0.3, -0.25) is 4.98 Å². The molecule has 27 heavy (non-hydrogen) atoms. The van der Waals surface area contributed by atoms with Crippen molar-refractivity contribution in [2.75, 3.05) is 0 Å². The molecule has 1 unspecified atom stereocenters. The molecule has 3 aromatic rings. The summed E-state index contributed by atoms with van der Waals surface area (Å²) in [6.07, 6.45) is 8.68. The number of rotatable bonds is 7. The van der Waals surface area contributed by atoms with E-state index in [-0.39, 0.29) is 12.1 Å². The van der Waals surface area contributed by atoms with Crippen LogP contribution in [0.25, 0.3) is 6.08 Å². The second-order valence-electron chi connectivity index (χ2n) is 6.12. The van der Waals surface area contributed by atoms with Crippen LogP contribution in [0.3, 0.4) is 0 Å². The highest BCUT2D eigenvalue weighted by Gasteiger charge is 2.13. The number of ether oxygens (including phenoxy) is 1. The maximum atomic E-state index is 12.4. The normalized spacial score (nSPS) is 12.0. The van der Waals surface area contributed by atoms with Crippen LogP contribution < -0.4 is 0 Å². The van der Waals surface area contributed by atoms with Crippen LogP contribution in [0.4, 0.5) is 0 Å². The van der Waals surface area contributed by atoms with Crippen molar-refractivity contribution in [3.8, 4) is 0 Å². The molecule has 0 bridgehead atoms. The Bertz CT molecular complexity index is 877. The second kappa shape index (κ2) is 9.83. The fourth-order valence-corrected chi connectivity index (χ4v) is 2.89. The first-order valence-electron chi connectivity index (χ1n) is 8.79. The lowest BCUT2D eigenvalue weighted by molar-refractivity contribution is 0.0382. The van der Waals surface area contributed by atoms with E-state index < -0.39 is 0 Å². The van der Waals surface area contributed by atoms with E-state index in [1.165, 1.54) is 0 Å². The van der Waals surface area contributed by atoms with Crippen LogP contribution in [0.2, 0.25) is 0 Å². The Morgan fingerprint density at radius 2 is 1.81 bits per heavy atom. The fraction of sp³-hybridized carbons (Fsp3) is 0.130. The lowest BCUT2D eigenvalue weighted by atomic mass is 10.1. The van der Waals surface area contributed by atoms with Crippen molar-refractivity contribution < 1.29 is 9.53 Å². The molecule has 136 valence electrons. The van der Waals surface area contributed by atoms with Crippen molar-refractivity contribution in [1.29, 1.82) is 0 Å². The number of benzene rings is 2. The number of hydrogen-bond acceptors (Lipinski definition) is 3. The molecule has 0 aliphatic rings. The Kier molecular flexibility index (Phi) is 6.94. The lowest BCUT2D eigenvalue weighted by Crippen LogP contribution is -2.17. The van der Waals surface area contributed by atoms with Gasteiger partial charge in [0.15, 0.2) is 0 Å². The zero-order valence-electron chi connectivity index (χ0n) is 14.8. The summed E-state index contributed by atoms with van der Waals surface area (Å²) >= 11 is 3.44. The standard InChI is InChI=1S/C23H20BrNO2/c24-21-12-8-18(9-13-21)10-14-22(15-11-19-5-4-16-25-17-19)27-23(26)20-6-2-1-3-7-20/h1-10,12-14,16-17,22H,11,15H2/b14-10+. The Morgan fingerprint density at radius 1 is 1.04 bits per heavy atom. The highest BCUT2D eigenvalue weighted by Crippen LogP contribution is 2.15. The van der Waals surface area contributed by atoms with Crippen molar-refractivity contribution in [3.63, 3.8) is 0 Å². The van der Waals surface area contributed by atoms with Crippen LogP contribution in [0.15, 0.2) is 89.7 Å². The van der Waals surface area contributed by atoms with Crippen molar-refractivity contribution >= 4 is 28.0 Å². The molecule has 0 saturated carbocycles. The average Bonchev–Trinajstić information content (AvgIpc) is 2.72. The van der Waals surface area contributed by atoms with Gasteiger partial charge in [-0.2, -0.15) is 0 Å². The zero-order valence-corrected chi connectivity index (χ0v) is 16.4. The smallest absolute Gasteiger partial charge is 0.338 e. The maximum absolute atomic E-state index is 12.4. The molecule has 0 N–H and O–H groups in total. The SMILES string of the molecule is O=C(OC(/C=C/c1ccc(Br)cc1)CCc1cccnc1)c1ccccc1. The second-order valence-corrected chi connectivity index (χ2v) is 7.04. The minimum atomic E-state index is -0.318. The van der Waals surface area contributed by atoms with Gasteiger partial charge in [0.25, 0.3) is 0 Å². The van der Waals surface area contributed by atoms with Crippen LogP contribution in [-0.4, -0.2) is 17.1 Å². The molecule has 0 amide bonds. The molecule has 2 aromatic carbocycles. The summed E-state index contributed by atoms with van der Waals surface area (Å²) in [6.45, 7) is 0. The summed E-state index contributed by atoms with van der Waals surface area (Å²) in [5.41, 5.74) is 2.73. The number of pyridine rings is 1. The predicted octanol–water partition coefficient (Wildman–Crippen LogP) is 5.72. The van der Waals surface area contributed by atoms with E-state index in [1.54, 1.807) is 18.3 Å². The first-order valence-corrected chi connectivity index (χ1v) is 9.59. The third-order valence-corrected chi connectivity index (χ3v) is 4.61. The number of carbonyl (C=O) groups excluding carboxylic acids is 1. The van der Waals surface area contributed by atoms with Gasteiger partial charge in [-0.15, -0.1) is 0 Å². The third-order valence-electron chi connectivity index (χ3n) is 4.08. The van der Waals surface area contributed by atoms with E-state index in [9.17, 15) is 4.79 Å². The number of carbonyl (C=O) groups is 1. The van der Waals surface area contributed by atoms with Crippen LogP contribution in [-0.2, 0) is 11.2 Å². The molecular weight excluding hydrogens is 402 g/mol. The van der Waals surface area contributed by atoms with E-state index in [4.69, 9.17) is 4.74 Å². The first kappa shape index (κ1) is 19.1. The Morgan fingerprint density at radius 3 is 2.52 bits per heavy atom. The van der Waals surface area contributed by atoms with Crippen molar-refractivity contribution in [2.24, 2.45) is 0 Å². The Balaban J connectivity index is 1.71. The molecule has 0 spiro atoms. The highest BCUT2D eigenvalue weighted by molar-refractivity contribution is 9.10. The minimum Gasteiger partial charge on any atom is -0.455 e. The average molecular weight is 422 g/mol. The summed E-state index contributed by atoms with van der Waals surface area (Å²) in [5.74, 6) is -0.313. The first-order chi connectivity index (χ1) is 13.2. The van der Waals surface area contributed by atoms with Gasteiger partial charge in [-0.1, -0.05) is 58.4 Å². The number of esters is 1. The molecule has 0 aliphatic heterocycles. The van der Waals surface area contributed by atoms with E-state index in [0.29, 0.717) is 12.0 Å². The summed E-state index contributed by atoms with van der Waals surface area (Å²) in [5, 5.41) is 0. The largest absolute Gasteiger partial charge is 0.455 e. The molecule has 3 rings (SSSR count). The molecule has 0 saturated heterocycles.